The summed E-state index contributed by atoms with van der Waals surface area (Å²) < 4.78 is 0. The molecule has 1 fully saturated rings. The van der Waals surface area contributed by atoms with Crippen LogP contribution in [0.5, 0.6) is 0 Å². The number of fused-ring (bicyclic) bond motifs is 3. The molecule has 2 heterocycles. The fraction of sp³-hybridized carbons (Fsp3) is 0.357. The third-order valence-corrected chi connectivity index (χ3v) is 4.03. The Balaban J connectivity index is 1.58. The number of nitrogens with zero attached hydrogens (tertiary/aromatic N) is 2. The molecule has 0 spiro atoms. The standard InChI is InChI=1S/C14H14N4O/c1-7-2-3-11(15-6-7)16-14(19)13-10-5-8-4-9(8)12(10)17-18-13/h2-3,6,8-9H,4-5H2,1H3,(H,17,18)(H,15,16,19). The molecule has 96 valence electrons. The number of nitrogens with one attached hydrogen (secondary N) is 2. The fourth-order valence-electron chi connectivity index (χ4n) is 2.89. The van der Waals surface area contributed by atoms with Gasteiger partial charge in [-0.15, -0.1) is 0 Å². The van der Waals surface area contributed by atoms with Crippen LogP contribution < -0.4 is 5.32 Å². The number of pyridine rings is 1. The second kappa shape index (κ2) is 3.66. The van der Waals surface area contributed by atoms with Crippen LogP contribution in [0.25, 0.3) is 0 Å². The van der Waals surface area contributed by atoms with Gasteiger partial charge in [-0.25, -0.2) is 4.98 Å². The first-order valence-electron chi connectivity index (χ1n) is 6.53. The Morgan fingerprint density at radius 2 is 2.37 bits per heavy atom. The van der Waals surface area contributed by atoms with Crippen LogP contribution >= 0.6 is 0 Å². The number of hydrogen-bond donors (Lipinski definition) is 2. The van der Waals surface area contributed by atoms with Crippen molar-refractivity contribution < 1.29 is 4.79 Å². The molecule has 19 heavy (non-hydrogen) atoms. The molecule has 2 atom stereocenters. The number of hydrogen-bond acceptors (Lipinski definition) is 3. The molecule has 1 amide bonds. The third-order valence-electron chi connectivity index (χ3n) is 4.03. The number of aromatic amines is 1. The van der Waals surface area contributed by atoms with Crippen molar-refractivity contribution in [1.82, 2.24) is 15.2 Å². The Morgan fingerprint density at radius 3 is 3.16 bits per heavy atom. The third kappa shape index (κ3) is 1.65. The van der Waals surface area contributed by atoms with E-state index < -0.39 is 0 Å². The largest absolute Gasteiger partial charge is 0.305 e. The molecule has 0 aromatic carbocycles. The van der Waals surface area contributed by atoms with Crippen molar-refractivity contribution in [3.8, 4) is 0 Å². The number of anilines is 1. The molecule has 2 unspecified atom stereocenters. The number of aromatic nitrogens is 3. The van der Waals surface area contributed by atoms with Crippen LogP contribution in [0.3, 0.4) is 0 Å². The fourth-order valence-corrected chi connectivity index (χ4v) is 2.89. The minimum absolute atomic E-state index is 0.171. The number of amides is 1. The van der Waals surface area contributed by atoms with Gasteiger partial charge in [-0.1, -0.05) is 6.07 Å². The average Bonchev–Trinajstić information content (AvgIpc) is 2.89. The van der Waals surface area contributed by atoms with Crippen LogP contribution in [0.2, 0.25) is 0 Å². The highest BCUT2D eigenvalue weighted by Crippen LogP contribution is 2.55. The number of aryl methyl sites for hydroxylation is 1. The lowest BCUT2D eigenvalue weighted by Crippen LogP contribution is -2.15. The summed E-state index contributed by atoms with van der Waals surface area (Å²) in [5.41, 5.74) is 3.88. The van der Waals surface area contributed by atoms with E-state index in [1.54, 1.807) is 12.3 Å². The predicted octanol–water partition coefficient (Wildman–Crippen LogP) is 2.03. The van der Waals surface area contributed by atoms with Gasteiger partial charge in [0, 0.05) is 23.4 Å². The van der Waals surface area contributed by atoms with Crippen molar-refractivity contribution in [1.29, 1.82) is 0 Å². The van der Waals surface area contributed by atoms with E-state index in [1.807, 2.05) is 13.0 Å². The van der Waals surface area contributed by atoms with Crippen LogP contribution in [-0.2, 0) is 6.42 Å². The van der Waals surface area contributed by atoms with Gasteiger partial charge in [0.25, 0.3) is 5.91 Å². The maximum Gasteiger partial charge on any atom is 0.277 e. The van der Waals surface area contributed by atoms with E-state index in [1.165, 1.54) is 12.1 Å². The summed E-state index contributed by atoms with van der Waals surface area (Å²) in [4.78, 5) is 16.4. The normalized spacial score (nSPS) is 22.8. The first-order valence-corrected chi connectivity index (χ1v) is 6.53. The van der Waals surface area contributed by atoms with Gasteiger partial charge >= 0.3 is 0 Å². The zero-order valence-corrected chi connectivity index (χ0v) is 10.6. The van der Waals surface area contributed by atoms with Gasteiger partial charge in [-0.05, 0) is 37.3 Å². The van der Waals surface area contributed by atoms with E-state index in [2.05, 4.69) is 20.5 Å². The highest BCUT2D eigenvalue weighted by molar-refractivity contribution is 6.03. The average molecular weight is 254 g/mol. The molecule has 0 saturated heterocycles. The van der Waals surface area contributed by atoms with E-state index in [-0.39, 0.29) is 5.91 Å². The summed E-state index contributed by atoms with van der Waals surface area (Å²) in [6.45, 7) is 1.96. The summed E-state index contributed by atoms with van der Waals surface area (Å²) >= 11 is 0. The van der Waals surface area contributed by atoms with Crippen LogP contribution in [0.15, 0.2) is 18.3 Å². The van der Waals surface area contributed by atoms with Crippen molar-refractivity contribution in [2.45, 2.75) is 25.7 Å². The van der Waals surface area contributed by atoms with Crippen LogP contribution in [0.4, 0.5) is 5.82 Å². The second-order valence-corrected chi connectivity index (χ2v) is 5.45. The highest BCUT2D eigenvalue weighted by atomic mass is 16.2. The summed E-state index contributed by atoms with van der Waals surface area (Å²) in [6, 6.07) is 3.73. The predicted molar refractivity (Wildman–Crippen MR) is 70.1 cm³/mol. The molecule has 4 rings (SSSR count). The first kappa shape index (κ1) is 10.7. The zero-order chi connectivity index (χ0) is 13.0. The Hall–Kier alpha value is -2.17. The number of H-pyrrole nitrogens is 1. The molecule has 2 aliphatic carbocycles. The molecule has 5 nitrogen and oxygen atoms in total. The summed E-state index contributed by atoms with van der Waals surface area (Å²) in [5, 5.41) is 9.98. The smallest absolute Gasteiger partial charge is 0.277 e. The molecule has 5 heteroatoms. The lowest BCUT2D eigenvalue weighted by atomic mass is 10.1. The van der Waals surface area contributed by atoms with Crippen molar-refractivity contribution in [2.24, 2.45) is 5.92 Å². The van der Waals surface area contributed by atoms with E-state index in [9.17, 15) is 4.79 Å². The maximum absolute atomic E-state index is 12.2. The molecular weight excluding hydrogens is 240 g/mol. The molecule has 2 N–H and O–H groups in total. The topological polar surface area (TPSA) is 70.7 Å². The maximum atomic E-state index is 12.2. The summed E-state index contributed by atoms with van der Waals surface area (Å²) in [7, 11) is 0. The quantitative estimate of drug-likeness (QED) is 0.861. The monoisotopic (exact) mass is 254 g/mol. The molecule has 1 saturated carbocycles. The Morgan fingerprint density at radius 1 is 1.47 bits per heavy atom. The molecular formula is C14H14N4O. The molecule has 2 aromatic heterocycles. The number of carbonyl (C=O) groups is 1. The van der Waals surface area contributed by atoms with Crippen LogP contribution in [0.1, 0.15) is 39.6 Å². The van der Waals surface area contributed by atoms with Crippen molar-refractivity contribution in [2.75, 3.05) is 5.32 Å². The van der Waals surface area contributed by atoms with Gasteiger partial charge in [-0.2, -0.15) is 5.10 Å². The minimum atomic E-state index is -0.171. The van der Waals surface area contributed by atoms with E-state index in [0.717, 1.165) is 23.5 Å². The van der Waals surface area contributed by atoms with Gasteiger partial charge in [0.05, 0.1) is 0 Å². The number of carbonyl (C=O) groups excluding carboxylic acids is 1. The Kier molecular flexibility index (Phi) is 2.07. The van der Waals surface area contributed by atoms with E-state index in [4.69, 9.17) is 0 Å². The lowest BCUT2D eigenvalue weighted by Gasteiger charge is -2.04. The molecule has 2 aliphatic rings. The van der Waals surface area contributed by atoms with Gasteiger partial charge in [0.2, 0.25) is 0 Å². The van der Waals surface area contributed by atoms with Gasteiger partial charge in [0.15, 0.2) is 5.69 Å². The summed E-state index contributed by atoms with van der Waals surface area (Å²) in [5.74, 6) is 1.76. The zero-order valence-electron chi connectivity index (χ0n) is 10.6. The second-order valence-electron chi connectivity index (χ2n) is 5.45. The van der Waals surface area contributed by atoms with E-state index in [0.29, 0.717) is 17.4 Å². The van der Waals surface area contributed by atoms with Crippen LogP contribution in [-0.4, -0.2) is 21.1 Å². The van der Waals surface area contributed by atoms with Gasteiger partial charge in [-0.3, -0.25) is 9.89 Å². The lowest BCUT2D eigenvalue weighted by molar-refractivity contribution is 0.102. The minimum Gasteiger partial charge on any atom is -0.305 e. The van der Waals surface area contributed by atoms with Crippen molar-refractivity contribution in [3.63, 3.8) is 0 Å². The Labute approximate surface area is 110 Å². The number of rotatable bonds is 2. The molecule has 0 bridgehead atoms. The summed E-state index contributed by atoms with van der Waals surface area (Å²) in [6.07, 6.45) is 3.97. The Bertz CT molecular complexity index is 659. The van der Waals surface area contributed by atoms with Crippen molar-refractivity contribution in [3.05, 3.63) is 40.8 Å². The first-order chi connectivity index (χ1) is 9.22. The van der Waals surface area contributed by atoms with Gasteiger partial charge in [0.1, 0.15) is 5.82 Å². The molecule has 0 radical (unpaired) electrons. The SMILES string of the molecule is Cc1ccc(NC(=O)c2n[nH]c3c2CC2CC32)nc1. The van der Waals surface area contributed by atoms with Crippen molar-refractivity contribution >= 4 is 11.7 Å². The van der Waals surface area contributed by atoms with Crippen LogP contribution in [0, 0.1) is 12.8 Å². The molecule has 0 aliphatic heterocycles. The highest BCUT2D eigenvalue weighted by Gasteiger charge is 2.48. The van der Waals surface area contributed by atoms with Gasteiger partial charge < -0.3 is 5.32 Å². The van der Waals surface area contributed by atoms with E-state index >= 15 is 0 Å². The molecule has 2 aromatic rings.